The minimum atomic E-state index is 1.07. The van der Waals surface area contributed by atoms with E-state index in [0.717, 1.165) is 88.5 Å². The number of benzene rings is 7. The molecule has 7 heteroatoms. The normalized spacial score (nSPS) is 12.1. The average molecular weight is 818 g/mol. The van der Waals surface area contributed by atoms with Gasteiger partial charge in [-0.2, -0.15) is 0 Å². The van der Waals surface area contributed by atoms with Crippen LogP contribution in [0.3, 0.4) is 0 Å². The SMILES string of the molecule is c1ccc2c(c1)c1ccccc1n2-c1ccc2c(c1)c1cnccc1n2-c1ccc(-c2cc(-n3c4ccccc4c4cnccc43)cc(-n3c4ccccc4c4cnccc43)c2)cc1. The summed E-state index contributed by atoms with van der Waals surface area (Å²) in [6.45, 7) is 0. The molecule has 0 saturated heterocycles. The van der Waals surface area contributed by atoms with Gasteiger partial charge in [-0.25, -0.2) is 0 Å². The van der Waals surface area contributed by atoms with E-state index in [1.165, 1.54) is 32.6 Å². The molecule has 0 unspecified atom stereocenters. The molecule has 14 rings (SSSR count). The summed E-state index contributed by atoms with van der Waals surface area (Å²) >= 11 is 0. The van der Waals surface area contributed by atoms with Crippen molar-refractivity contribution in [1.29, 1.82) is 0 Å². The molecule has 7 nitrogen and oxygen atoms in total. The summed E-state index contributed by atoms with van der Waals surface area (Å²) in [6, 6.07) is 63.8. The summed E-state index contributed by atoms with van der Waals surface area (Å²) in [5, 5.41) is 9.37. The third-order valence-electron chi connectivity index (χ3n) is 13.2. The van der Waals surface area contributed by atoms with E-state index >= 15 is 0 Å². The Labute approximate surface area is 366 Å². The number of fused-ring (bicyclic) bond motifs is 12. The van der Waals surface area contributed by atoms with Crippen LogP contribution in [0.1, 0.15) is 0 Å². The molecule has 0 amide bonds. The number of hydrogen-bond acceptors (Lipinski definition) is 3. The summed E-state index contributed by atoms with van der Waals surface area (Å²) in [4.78, 5) is 13.7. The quantitative estimate of drug-likeness (QED) is 0.174. The minimum absolute atomic E-state index is 1.07. The van der Waals surface area contributed by atoms with Gasteiger partial charge in [0.05, 0.1) is 44.1 Å². The van der Waals surface area contributed by atoms with Crippen LogP contribution in [0, 0.1) is 0 Å². The van der Waals surface area contributed by atoms with Gasteiger partial charge in [-0.1, -0.05) is 84.9 Å². The van der Waals surface area contributed by atoms with Gasteiger partial charge in [0.15, 0.2) is 0 Å². The first-order valence-corrected chi connectivity index (χ1v) is 21.6. The first-order chi connectivity index (χ1) is 31.8. The lowest BCUT2D eigenvalue weighted by molar-refractivity contribution is 1.13. The Morgan fingerprint density at radius 2 is 0.594 bits per heavy atom. The van der Waals surface area contributed by atoms with Gasteiger partial charge in [0.25, 0.3) is 0 Å². The van der Waals surface area contributed by atoms with Gasteiger partial charge in [-0.15, -0.1) is 0 Å². The molecule has 0 spiro atoms. The van der Waals surface area contributed by atoms with E-state index in [2.05, 4.69) is 209 Å². The van der Waals surface area contributed by atoms with Crippen molar-refractivity contribution >= 4 is 87.2 Å². The number of pyridine rings is 3. The molecule has 0 aliphatic heterocycles. The van der Waals surface area contributed by atoms with Crippen LogP contribution in [0.25, 0.3) is 121 Å². The van der Waals surface area contributed by atoms with E-state index in [9.17, 15) is 0 Å². The standard InChI is InChI=1S/C57H35N7/c1-5-13-50-42(9-1)43-10-2-6-14-51(43)62(50)39-21-22-54-46(32-39)49-35-60-28-25-57(49)61(54)38-19-17-36(18-20-38)37-29-40(63-52-15-7-3-11-44(52)47-33-58-26-23-55(47)63)31-41(30-37)64-53-16-8-4-12-45(53)48-34-59-27-24-56(48)64/h1-35H. The van der Waals surface area contributed by atoms with Crippen molar-refractivity contribution in [1.82, 2.24) is 33.2 Å². The van der Waals surface area contributed by atoms with Crippen LogP contribution in [0.4, 0.5) is 0 Å². The highest BCUT2D eigenvalue weighted by Gasteiger charge is 2.20. The Morgan fingerprint density at radius 1 is 0.234 bits per heavy atom. The summed E-state index contributed by atoms with van der Waals surface area (Å²) in [5.74, 6) is 0. The highest BCUT2D eigenvalue weighted by atomic mass is 15.0. The first-order valence-electron chi connectivity index (χ1n) is 21.6. The largest absolute Gasteiger partial charge is 0.309 e. The zero-order chi connectivity index (χ0) is 41.9. The van der Waals surface area contributed by atoms with Gasteiger partial charge in [0.1, 0.15) is 0 Å². The van der Waals surface area contributed by atoms with Crippen molar-refractivity contribution in [3.05, 3.63) is 213 Å². The molecule has 14 aromatic rings. The first kappa shape index (κ1) is 34.9. The predicted octanol–water partition coefficient (Wildman–Crippen LogP) is 13.9. The molecule has 0 aliphatic carbocycles. The molecule has 64 heavy (non-hydrogen) atoms. The molecule has 0 radical (unpaired) electrons. The second-order valence-electron chi connectivity index (χ2n) is 16.6. The maximum Gasteiger partial charge on any atom is 0.0571 e. The predicted molar refractivity (Wildman–Crippen MR) is 263 cm³/mol. The van der Waals surface area contributed by atoms with Crippen molar-refractivity contribution in [3.8, 4) is 33.9 Å². The van der Waals surface area contributed by atoms with E-state index < -0.39 is 0 Å². The molecular weight excluding hydrogens is 783 g/mol. The summed E-state index contributed by atoms with van der Waals surface area (Å²) in [6.07, 6.45) is 11.6. The van der Waals surface area contributed by atoms with Crippen LogP contribution in [0.15, 0.2) is 213 Å². The monoisotopic (exact) mass is 817 g/mol. The Bertz CT molecular complexity index is 3910. The lowest BCUT2D eigenvalue weighted by Crippen LogP contribution is -2.00. The highest BCUT2D eigenvalue weighted by molar-refractivity contribution is 6.13. The van der Waals surface area contributed by atoms with Crippen LogP contribution in [-0.2, 0) is 0 Å². The minimum Gasteiger partial charge on any atom is -0.309 e. The Balaban J connectivity index is 0.958. The second-order valence-corrected chi connectivity index (χ2v) is 16.6. The fourth-order valence-electron chi connectivity index (χ4n) is 10.5. The third-order valence-corrected chi connectivity index (χ3v) is 13.2. The number of hydrogen-bond donors (Lipinski definition) is 0. The molecule has 0 atom stereocenters. The van der Waals surface area contributed by atoms with E-state index in [1.54, 1.807) is 0 Å². The zero-order valence-corrected chi connectivity index (χ0v) is 34.3. The molecule has 0 aliphatic rings. The summed E-state index contributed by atoms with van der Waals surface area (Å²) in [5.41, 5.74) is 15.7. The molecular formula is C57H35N7. The lowest BCUT2D eigenvalue weighted by atomic mass is 10.0. The van der Waals surface area contributed by atoms with Crippen LogP contribution in [0.2, 0.25) is 0 Å². The number of para-hydroxylation sites is 4. The number of rotatable bonds is 5. The van der Waals surface area contributed by atoms with Gasteiger partial charge in [-0.05, 0) is 102 Å². The lowest BCUT2D eigenvalue weighted by Gasteiger charge is -2.16. The van der Waals surface area contributed by atoms with Gasteiger partial charge >= 0.3 is 0 Å². The molecule has 0 bridgehead atoms. The van der Waals surface area contributed by atoms with Crippen LogP contribution in [-0.4, -0.2) is 33.2 Å². The molecule has 298 valence electrons. The van der Waals surface area contributed by atoms with E-state index in [0.29, 0.717) is 0 Å². The van der Waals surface area contributed by atoms with Gasteiger partial charge in [-0.3, -0.25) is 15.0 Å². The molecule has 0 N–H and O–H groups in total. The van der Waals surface area contributed by atoms with Gasteiger partial charge in [0.2, 0.25) is 0 Å². The van der Waals surface area contributed by atoms with Crippen LogP contribution in [0.5, 0.6) is 0 Å². The smallest absolute Gasteiger partial charge is 0.0571 e. The topological polar surface area (TPSA) is 58.4 Å². The van der Waals surface area contributed by atoms with Crippen LogP contribution < -0.4 is 0 Å². The molecule has 7 aromatic carbocycles. The number of nitrogens with zero attached hydrogens (tertiary/aromatic N) is 7. The molecule has 7 aromatic heterocycles. The van der Waals surface area contributed by atoms with Crippen LogP contribution >= 0.6 is 0 Å². The Hall–Kier alpha value is -8.81. The fourth-order valence-corrected chi connectivity index (χ4v) is 10.5. The maximum absolute atomic E-state index is 4.62. The van der Waals surface area contributed by atoms with Crippen molar-refractivity contribution in [2.45, 2.75) is 0 Å². The zero-order valence-electron chi connectivity index (χ0n) is 34.3. The molecule has 0 saturated carbocycles. The number of aromatic nitrogens is 7. The average Bonchev–Trinajstić information content (AvgIpc) is 4.09. The maximum atomic E-state index is 4.62. The van der Waals surface area contributed by atoms with Crippen molar-refractivity contribution in [2.75, 3.05) is 0 Å². The summed E-state index contributed by atoms with van der Waals surface area (Å²) < 4.78 is 9.50. The second kappa shape index (κ2) is 13.3. The highest BCUT2D eigenvalue weighted by Crippen LogP contribution is 2.40. The van der Waals surface area contributed by atoms with E-state index in [4.69, 9.17) is 0 Å². The van der Waals surface area contributed by atoms with Crippen molar-refractivity contribution < 1.29 is 0 Å². The van der Waals surface area contributed by atoms with Crippen molar-refractivity contribution in [2.24, 2.45) is 0 Å². The van der Waals surface area contributed by atoms with Gasteiger partial charge < -0.3 is 18.3 Å². The fraction of sp³-hybridized carbons (Fsp3) is 0. The summed E-state index contributed by atoms with van der Waals surface area (Å²) in [7, 11) is 0. The third kappa shape index (κ3) is 4.94. The molecule has 7 heterocycles. The van der Waals surface area contributed by atoms with Gasteiger partial charge in [0, 0.05) is 103 Å². The van der Waals surface area contributed by atoms with Crippen molar-refractivity contribution in [3.63, 3.8) is 0 Å². The van der Waals surface area contributed by atoms with E-state index in [1.807, 2.05) is 37.2 Å². The van der Waals surface area contributed by atoms with E-state index in [-0.39, 0.29) is 0 Å². The Kier molecular flexibility index (Phi) is 7.27. The Morgan fingerprint density at radius 3 is 1.08 bits per heavy atom. The molecule has 0 fully saturated rings.